The molecule has 0 N–H and O–H groups in total. The average Bonchev–Trinajstić information content (AvgIpc) is 2.41. The number of aryl methyl sites for hydroxylation is 2. The molecule has 0 unspecified atom stereocenters. The first-order valence-corrected chi connectivity index (χ1v) is 7.51. The third-order valence-corrected chi connectivity index (χ3v) is 3.92. The van der Waals surface area contributed by atoms with Gasteiger partial charge in [0, 0.05) is 9.50 Å². The van der Waals surface area contributed by atoms with E-state index in [0.717, 1.165) is 32.1 Å². The Labute approximate surface area is 132 Å². The smallest absolute Gasteiger partial charge is 0.122 e. The number of hydrogen-bond donors (Lipinski definition) is 0. The predicted molar refractivity (Wildman–Crippen MR) is 86.1 cm³/mol. The molecule has 4 heteroatoms. The number of benzene rings is 2. The van der Waals surface area contributed by atoms with Crippen LogP contribution in [0.2, 0.25) is 5.02 Å². The molecule has 2 nitrogen and oxygen atoms in total. The van der Waals surface area contributed by atoms with Crippen molar-refractivity contribution in [2.75, 3.05) is 13.2 Å². The highest BCUT2D eigenvalue weighted by Crippen LogP contribution is 2.25. The van der Waals surface area contributed by atoms with Crippen LogP contribution >= 0.6 is 27.5 Å². The lowest BCUT2D eigenvalue weighted by molar-refractivity contribution is 0.217. The molecule has 0 aliphatic rings. The van der Waals surface area contributed by atoms with Crippen molar-refractivity contribution in [2.45, 2.75) is 13.8 Å². The number of hydrogen-bond acceptors (Lipinski definition) is 2. The van der Waals surface area contributed by atoms with Gasteiger partial charge >= 0.3 is 0 Å². The van der Waals surface area contributed by atoms with Crippen LogP contribution in [-0.4, -0.2) is 13.2 Å². The maximum Gasteiger partial charge on any atom is 0.122 e. The van der Waals surface area contributed by atoms with E-state index < -0.39 is 0 Å². The third-order valence-electron chi connectivity index (χ3n) is 2.83. The lowest BCUT2D eigenvalue weighted by Crippen LogP contribution is -2.09. The van der Waals surface area contributed by atoms with Gasteiger partial charge in [-0.25, -0.2) is 0 Å². The Morgan fingerprint density at radius 2 is 1.55 bits per heavy atom. The van der Waals surface area contributed by atoms with Gasteiger partial charge in [-0.2, -0.15) is 0 Å². The van der Waals surface area contributed by atoms with E-state index in [4.69, 9.17) is 21.1 Å². The third kappa shape index (κ3) is 4.15. The molecule has 0 saturated heterocycles. The van der Waals surface area contributed by atoms with Crippen LogP contribution in [0, 0.1) is 13.8 Å². The Hall–Kier alpha value is -1.19. The lowest BCUT2D eigenvalue weighted by Gasteiger charge is -2.11. The topological polar surface area (TPSA) is 18.5 Å². The minimum absolute atomic E-state index is 0.493. The summed E-state index contributed by atoms with van der Waals surface area (Å²) in [6, 6.07) is 11.6. The zero-order valence-corrected chi connectivity index (χ0v) is 13.8. The average molecular weight is 356 g/mol. The summed E-state index contributed by atoms with van der Waals surface area (Å²) in [5, 5.41) is 0.794. The molecule has 20 heavy (non-hydrogen) atoms. The van der Waals surface area contributed by atoms with Crippen molar-refractivity contribution in [2.24, 2.45) is 0 Å². The summed E-state index contributed by atoms with van der Waals surface area (Å²) in [6.07, 6.45) is 0. The highest BCUT2D eigenvalue weighted by Gasteiger charge is 2.03. The quantitative estimate of drug-likeness (QED) is 0.688. The maximum atomic E-state index is 6.12. The van der Waals surface area contributed by atoms with Gasteiger partial charge in [0.05, 0.1) is 0 Å². The van der Waals surface area contributed by atoms with Crippen molar-refractivity contribution in [1.29, 1.82) is 0 Å². The van der Waals surface area contributed by atoms with Crippen LogP contribution in [-0.2, 0) is 0 Å². The molecule has 0 aliphatic heterocycles. The summed E-state index contributed by atoms with van der Waals surface area (Å²) in [5.41, 5.74) is 2.05. The highest BCUT2D eigenvalue weighted by atomic mass is 79.9. The van der Waals surface area contributed by atoms with Gasteiger partial charge in [0.15, 0.2) is 0 Å². The van der Waals surface area contributed by atoms with E-state index in [0.29, 0.717) is 13.2 Å². The summed E-state index contributed by atoms with van der Waals surface area (Å²) in [7, 11) is 0. The van der Waals surface area contributed by atoms with Crippen LogP contribution in [0.4, 0.5) is 0 Å². The van der Waals surface area contributed by atoms with Crippen LogP contribution in [0.15, 0.2) is 40.9 Å². The molecule has 106 valence electrons. The Morgan fingerprint density at radius 1 is 0.950 bits per heavy atom. The zero-order chi connectivity index (χ0) is 14.5. The molecule has 2 aromatic carbocycles. The molecule has 0 amide bonds. The molecule has 2 aromatic rings. The molecule has 0 radical (unpaired) electrons. The summed E-state index contributed by atoms with van der Waals surface area (Å²) < 4.78 is 12.3. The van der Waals surface area contributed by atoms with Crippen LogP contribution in [0.25, 0.3) is 0 Å². The molecule has 0 atom stereocenters. The van der Waals surface area contributed by atoms with Crippen molar-refractivity contribution < 1.29 is 9.47 Å². The highest BCUT2D eigenvalue weighted by molar-refractivity contribution is 9.10. The largest absolute Gasteiger partial charge is 0.490 e. The van der Waals surface area contributed by atoms with Gasteiger partial charge in [0.25, 0.3) is 0 Å². The number of ether oxygens (including phenoxy) is 2. The summed E-state index contributed by atoms with van der Waals surface area (Å²) in [4.78, 5) is 0. The van der Waals surface area contributed by atoms with Crippen LogP contribution in [0.5, 0.6) is 11.5 Å². The molecular formula is C16H16BrClO2. The second-order valence-electron chi connectivity index (χ2n) is 4.53. The van der Waals surface area contributed by atoms with Crippen LogP contribution in [0.1, 0.15) is 11.1 Å². The molecule has 0 aromatic heterocycles. The van der Waals surface area contributed by atoms with Crippen molar-refractivity contribution in [3.63, 3.8) is 0 Å². The summed E-state index contributed by atoms with van der Waals surface area (Å²) in [5.74, 6) is 1.65. The van der Waals surface area contributed by atoms with E-state index in [9.17, 15) is 0 Å². The van der Waals surface area contributed by atoms with Crippen LogP contribution < -0.4 is 9.47 Å². The van der Waals surface area contributed by atoms with E-state index in [1.165, 1.54) is 0 Å². The van der Waals surface area contributed by atoms with E-state index in [-0.39, 0.29) is 0 Å². The van der Waals surface area contributed by atoms with Gasteiger partial charge < -0.3 is 9.47 Å². The fraction of sp³-hybridized carbons (Fsp3) is 0.250. The van der Waals surface area contributed by atoms with Gasteiger partial charge in [0.1, 0.15) is 24.7 Å². The first-order valence-electron chi connectivity index (χ1n) is 6.34. The lowest BCUT2D eigenvalue weighted by atomic mass is 10.1. The van der Waals surface area contributed by atoms with Crippen LogP contribution in [0.3, 0.4) is 0 Å². The van der Waals surface area contributed by atoms with E-state index >= 15 is 0 Å². The number of halogens is 2. The normalized spacial score (nSPS) is 10.4. The van der Waals surface area contributed by atoms with Gasteiger partial charge in [-0.05, 0) is 55.3 Å². The molecule has 0 heterocycles. The summed E-state index contributed by atoms with van der Waals surface area (Å²) >= 11 is 9.53. The van der Waals surface area contributed by atoms with Crippen molar-refractivity contribution in [3.8, 4) is 11.5 Å². The fourth-order valence-corrected chi connectivity index (χ4v) is 2.35. The molecule has 0 aliphatic carbocycles. The fourth-order valence-electron chi connectivity index (χ4n) is 1.87. The molecule has 0 saturated carbocycles. The van der Waals surface area contributed by atoms with Gasteiger partial charge in [-0.15, -0.1) is 0 Å². The standard InChI is InChI=1S/C16H16BrClO2/c1-11-8-15(9-12(2)16(11)18)20-7-6-19-14-5-3-4-13(17)10-14/h3-5,8-10H,6-7H2,1-2H3. The summed E-state index contributed by atoms with van der Waals surface area (Å²) in [6.45, 7) is 4.94. The number of rotatable bonds is 5. The first-order chi connectivity index (χ1) is 9.56. The van der Waals surface area contributed by atoms with Gasteiger partial charge in [-0.1, -0.05) is 33.6 Å². The van der Waals surface area contributed by atoms with Gasteiger partial charge in [-0.3, -0.25) is 0 Å². The van der Waals surface area contributed by atoms with Gasteiger partial charge in [0.2, 0.25) is 0 Å². The molecule has 0 fully saturated rings. The predicted octanol–water partition coefficient (Wildman–Crippen LogP) is 5.18. The Morgan fingerprint density at radius 3 is 2.15 bits per heavy atom. The van der Waals surface area contributed by atoms with E-state index in [2.05, 4.69) is 15.9 Å². The van der Waals surface area contributed by atoms with E-state index in [1.807, 2.05) is 50.2 Å². The van der Waals surface area contributed by atoms with Crippen molar-refractivity contribution in [3.05, 3.63) is 57.0 Å². The molecule has 0 bridgehead atoms. The first kappa shape index (κ1) is 15.2. The Bertz CT molecular complexity index is 576. The second kappa shape index (κ2) is 7.00. The zero-order valence-electron chi connectivity index (χ0n) is 11.5. The van der Waals surface area contributed by atoms with E-state index in [1.54, 1.807) is 0 Å². The Kier molecular flexibility index (Phi) is 5.32. The van der Waals surface area contributed by atoms with Crippen molar-refractivity contribution >= 4 is 27.5 Å². The SMILES string of the molecule is Cc1cc(OCCOc2cccc(Br)c2)cc(C)c1Cl. The maximum absolute atomic E-state index is 6.12. The molecule has 2 rings (SSSR count). The molecular weight excluding hydrogens is 340 g/mol. The molecule has 0 spiro atoms. The second-order valence-corrected chi connectivity index (χ2v) is 5.82. The Balaban J connectivity index is 1.84. The minimum atomic E-state index is 0.493. The minimum Gasteiger partial charge on any atom is -0.490 e. The van der Waals surface area contributed by atoms with Crippen molar-refractivity contribution in [1.82, 2.24) is 0 Å². The monoisotopic (exact) mass is 354 g/mol.